The molecular weight excluding hydrogens is 365 g/mol. The molecule has 0 aliphatic rings. The van der Waals surface area contributed by atoms with E-state index in [9.17, 15) is 19.1 Å². The maximum absolute atomic E-state index is 13.4. The SMILES string of the molecule is Cc1cc(-c2noc(CCC(=O)NC(CCC(C)(C)C)C(=O)O)n2)ccc1F. The van der Waals surface area contributed by atoms with E-state index in [0.29, 0.717) is 29.8 Å². The Hall–Kier alpha value is -2.77. The fourth-order valence-corrected chi connectivity index (χ4v) is 2.58. The number of carbonyl (C=O) groups excluding carboxylic acids is 1. The number of nitrogens with one attached hydrogen (secondary N) is 1. The Balaban J connectivity index is 1.91. The second-order valence-corrected chi connectivity index (χ2v) is 8.03. The quantitative estimate of drug-likeness (QED) is 0.713. The molecule has 0 radical (unpaired) electrons. The van der Waals surface area contributed by atoms with Crippen LogP contribution in [0, 0.1) is 18.2 Å². The van der Waals surface area contributed by atoms with Crippen LogP contribution in [0.25, 0.3) is 11.4 Å². The van der Waals surface area contributed by atoms with Crippen molar-refractivity contribution in [3.63, 3.8) is 0 Å². The van der Waals surface area contributed by atoms with Crippen LogP contribution in [0.5, 0.6) is 0 Å². The smallest absolute Gasteiger partial charge is 0.326 e. The van der Waals surface area contributed by atoms with E-state index in [2.05, 4.69) is 15.5 Å². The summed E-state index contributed by atoms with van der Waals surface area (Å²) in [6.45, 7) is 7.69. The van der Waals surface area contributed by atoms with Crippen molar-refractivity contribution < 1.29 is 23.6 Å². The Labute approximate surface area is 163 Å². The Morgan fingerprint density at radius 2 is 2.04 bits per heavy atom. The average Bonchev–Trinajstić information content (AvgIpc) is 3.07. The highest BCUT2D eigenvalue weighted by Gasteiger charge is 2.23. The van der Waals surface area contributed by atoms with Crippen LogP contribution in [0.3, 0.4) is 0 Å². The predicted molar refractivity (Wildman–Crippen MR) is 101 cm³/mol. The van der Waals surface area contributed by atoms with Crippen molar-refractivity contribution in [3.8, 4) is 11.4 Å². The molecule has 8 heteroatoms. The molecule has 0 spiro atoms. The summed E-state index contributed by atoms with van der Waals surface area (Å²) in [6, 6.07) is 3.57. The third kappa shape index (κ3) is 6.44. The van der Waals surface area contributed by atoms with Crippen LogP contribution in [-0.2, 0) is 16.0 Å². The number of hydrogen-bond donors (Lipinski definition) is 2. The molecule has 2 N–H and O–H groups in total. The van der Waals surface area contributed by atoms with E-state index in [0.717, 1.165) is 0 Å². The van der Waals surface area contributed by atoms with Crippen LogP contribution >= 0.6 is 0 Å². The highest BCUT2D eigenvalue weighted by Crippen LogP contribution is 2.22. The number of aromatic nitrogens is 2. The Bertz CT molecular complexity index is 842. The molecule has 1 aromatic heterocycles. The number of rotatable bonds is 8. The van der Waals surface area contributed by atoms with Crippen molar-refractivity contribution in [1.29, 1.82) is 0 Å². The Morgan fingerprint density at radius 1 is 1.32 bits per heavy atom. The van der Waals surface area contributed by atoms with Gasteiger partial charge in [0, 0.05) is 18.4 Å². The third-order valence-electron chi connectivity index (χ3n) is 4.27. The molecule has 0 aliphatic carbocycles. The third-order valence-corrected chi connectivity index (χ3v) is 4.27. The lowest BCUT2D eigenvalue weighted by atomic mass is 9.88. The van der Waals surface area contributed by atoms with Crippen LogP contribution in [0.2, 0.25) is 0 Å². The van der Waals surface area contributed by atoms with Gasteiger partial charge >= 0.3 is 5.97 Å². The largest absolute Gasteiger partial charge is 0.480 e. The first-order valence-corrected chi connectivity index (χ1v) is 9.16. The molecule has 0 saturated carbocycles. The lowest BCUT2D eigenvalue weighted by Crippen LogP contribution is -2.41. The number of benzene rings is 1. The van der Waals surface area contributed by atoms with Gasteiger partial charge in [-0.3, -0.25) is 4.79 Å². The van der Waals surface area contributed by atoms with Gasteiger partial charge in [0.15, 0.2) is 0 Å². The van der Waals surface area contributed by atoms with Crippen molar-refractivity contribution in [1.82, 2.24) is 15.5 Å². The molecule has 0 fully saturated rings. The van der Waals surface area contributed by atoms with Crippen LogP contribution in [-0.4, -0.2) is 33.2 Å². The van der Waals surface area contributed by atoms with Gasteiger partial charge in [-0.05, 0) is 48.9 Å². The first-order valence-electron chi connectivity index (χ1n) is 9.16. The van der Waals surface area contributed by atoms with Crippen molar-refractivity contribution >= 4 is 11.9 Å². The van der Waals surface area contributed by atoms with Crippen LogP contribution < -0.4 is 5.32 Å². The zero-order valence-electron chi connectivity index (χ0n) is 16.6. The lowest BCUT2D eigenvalue weighted by Gasteiger charge is -2.21. The Morgan fingerprint density at radius 3 is 2.64 bits per heavy atom. The summed E-state index contributed by atoms with van der Waals surface area (Å²) >= 11 is 0. The summed E-state index contributed by atoms with van der Waals surface area (Å²) < 4.78 is 18.5. The topological polar surface area (TPSA) is 105 Å². The van der Waals surface area contributed by atoms with Crippen molar-refractivity contribution in [2.45, 2.75) is 59.4 Å². The Kier molecular flexibility index (Phi) is 6.88. The van der Waals surface area contributed by atoms with E-state index in [4.69, 9.17) is 4.52 Å². The summed E-state index contributed by atoms with van der Waals surface area (Å²) in [4.78, 5) is 27.7. The molecule has 7 nitrogen and oxygen atoms in total. The zero-order chi connectivity index (χ0) is 20.9. The number of carbonyl (C=O) groups is 2. The summed E-state index contributed by atoms with van der Waals surface area (Å²) in [5.41, 5.74) is 1.07. The molecule has 1 aromatic carbocycles. The number of carboxylic acid groups (broad SMARTS) is 1. The van der Waals surface area contributed by atoms with E-state index in [1.54, 1.807) is 19.1 Å². The number of hydrogen-bond acceptors (Lipinski definition) is 5. The minimum Gasteiger partial charge on any atom is -0.480 e. The highest BCUT2D eigenvalue weighted by atomic mass is 19.1. The normalized spacial score (nSPS) is 12.6. The summed E-state index contributed by atoms with van der Waals surface area (Å²) in [7, 11) is 0. The van der Waals surface area contributed by atoms with Crippen LogP contribution in [0.1, 0.15) is 51.5 Å². The molecule has 2 rings (SSSR count). The number of amides is 1. The van der Waals surface area contributed by atoms with Gasteiger partial charge in [0.05, 0.1) is 0 Å². The molecule has 152 valence electrons. The van der Waals surface area contributed by atoms with E-state index in [1.807, 2.05) is 20.8 Å². The summed E-state index contributed by atoms with van der Waals surface area (Å²) in [5.74, 6) is -1.19. The minimum atomic E-state index is -1.05. The molecule has 0 bridgehead atoms. The first kappa shape index (κ1) is 21.5. The van der Waals surface area contributed by atoms with Crippen LogP contribution in [0.15, 0.2) is 22.7 Å². The van der Waals surface area contributed by atoms with Gasteiger partial charge in [-0.25, -0.2) is 9.18 Å². The molecule has 28 heavy (non-hydrogen) atoms. The van der Waals surface area contributed by atoms with E-state index >= 15 is 0 Å². The monoisotopic (exact) mass is 391 g/mol. The molecule has 2 aromatic rings. The predicted octanol–water partition coefficient (Wildman–Crippen LogP) is 3.51. The maximum Gasteiger partial charge on any atom is 0.326 e. The lowest BCUT2D eigenvalue weighted by molar-refractivity contribution is -0.142. The fourth-order valence-electron chi connectivity index (χ4n) is 2.58. The number of nitrogens with zero attached hydrogens (tertiary/aromatic N) is 2. The molecular formula is C20H26FN3O4. The molecule has 1 heterocycles. The van der Waals surface area contributed by atoms with Gasteiger partial charge < -0.3 is 14.9 Å². The molecule has 0 saturated heterocycles. The van der Waals surface area contributed by atoms with E-state index in [-0.39, 0.29) is 30.0 Å². The average molecular weight is 391 g/mol. The van der Waals surface area contributed by atoms with E-state index < -0.39 is 17.9 Å². The standard InChI is InChI=1S/C20H26FN3O4/c1-12-11-13(5-6-14(12)21)18-23-17(28-24-18)8-7-16(25)22-15(19(26)27)9-10-20(2,3)4/h5-6,11,15H,7-10H2,1-4H3,(H,22,25)(H,26,27). The second-order valence-electron chi connectivity index (χ2n) is 8.03. The van der Waals surface area contributed by atoms with Crippen LogP contribution in [0.4, 0.5) is 4.39 Å². The number of carboxylic acids is 1. The molecule has 0 aliphatic heterocycles. The zero-order valence-corrected chi connectivity index (χ0v) is 16.6. The van der Waals surface area contributed by atoms with Crippen molar-refractivity contribution in [2.24, 2.45) is 5.41 Å². The van der Waals surface area contributed by atoms with Gasteiger partial charge in [-0.15, -0.1) is 0 Å². The fraction of sp³-hybridized carbons (Fsp3) is 0.500. The summed E-state index contributed by atoms with van der Waals surface area (Å²) in [5, 5.41) is 15.7. The number of aryl methyl sites for hydroxylation is 2. The van der Waals surface area contributed by atoms with Gasteiger partial charge in [-0.1, -0.05) is 25.9 Å². The minimum absolute atomic E-state index is 0.0166. The van der Waals surface area contributed by atoms with E-state index in [1.165, 1.54) is 6.07 Å². The number of halogens is 1. The maximum atomic E-state index is 13.4. The molecule has 1 amide bonds. The second kappa shape index (κ2) is 8.95. The first-order chi connectivity index (χ1) is 13.0. The van der Waals surface area contributed by atoms with Gasteiger partial charge in [0.25, 0.3) is 0 Å². The van der Waals surface area contributed by atoms with Crippen molar-refractivity contribution in [2.75, 3.05) is 0 Å². The van der Waals surface area contributed by atoms with Gasteiger partial charge in [-0.2, -0.15) is 4.98 Å². The number of aliphatic carboxylic acids is 1. The van der Waals surface area contributed by atoms with Crippen molar-refractivity contribution in [3.05, 3.63) is 35.5 Å². The molecule has 1 unspecified atom stereocenters. The van der Waals surface area contributed by atoms with Gasteiger partial charge in [0.1, 0.15) is 11.9 Å². The molecule has 1 atom stereocenters. The summed E-state index contributed by atoms with van der Waals surface area (Å²) in [6.07, 6.45) is 1.25. The highest BCUT2D eigenvalue weighted by molar-refractivity contribution is 5.83. The van der Waals surface area contributed by atoms with Gasteiger partial charge in [0.2, 0.25) is 17.6 Å².